The summed E-state index contributed by atoms with van der Waals surface area (Å²) in [7, 11) is 3.56. The van der Waals surface area contributed by atoms with Gasteiger partial charge in [-0.1, -0.05) is 26.0 Å². The predicted molar refractivity (Wildman–Crippen MR) is 133 cm³/mol. The highest BCUT2D eigenvalue weighted by Crippen LogP contribution is 2.29. The van der Waals surface area contributed by atoms with Crippen molar-refractivity contribution in [3.8, 4) is 5.75 Å². The van der Waals surface area contributed by atoms with Gasteiger partial charge in [0.15, 0.2) is 0 Å². The Balaban J connectivity index is 1.55. The molecule has 7 heteroatoms. The van der Waals surface area contributed by atoms with Gasteiger partial charge in [-0.3, -0.25) is 4.79 Å². The zero-order valence-electron chi connectivity index (χ0n) is 20.3. The molecule has 4 aromatic rings. The van der Waals surface area contributed by atoms with Crippen LogP contribution in [0, 0.1) is 12.8 Å². The number of carbonyl (C=O) groups excluding carboxylic acids is 1. The summed E-state index contributed by atoms with van der Waals surface area (Å²) >= 11 is 0. The van der Waals surface area contributed by atoms with E-state index in [0.717, 1.165) is 39.8 Å². The fraction of sp³-hybridized carbons (Fsp3) is 0.370. The van der Waals surface area contributed by atoms with Crippen LogP contribution in [0.1, 0.15) is 49.7 Å². The number of amides is 1. The van der Waals surface area contributed by atoms with Gasteiger partial charge < -0.3 is 19.0 Å². The van der Waals surface area contributed by atoms with E-state index in [0.29, 0.717) is 30.1 Å². The van der Waals surface area contributed by atoms with Gasteiger partial charge in [0.05, 0.1) is 24.2 Å². The topological polar surface area (TPSA) is 86.4 Å². The highest BCUT2D eigenvalue weighted by Gasteiger charge is 2.22. The molecular weight excluding hydrogens is 430 g/mol. The van der Waals surface area contributed by atoms with Crippen molar-refractivity contribution >= 4 is 27.9 Å². The number of imidazole rings is 1. The number of benzene rings is 2. The number of aromatic nitrogens is 2. The molecule has 0 bridgehead atoms. The summed E-state index contributed by atoms with van der Waals surface area (Å²) in [6.45, 7) is 6.15. The van der Waals surface area contributed by atoms with E-state index in [1.807, 2.05) is 44.3 Å². The lowest BCUT2D eigenvalue weighted by Crippen LogP contribution is -2.31. The summed E-state index contributed by atoms with van der Waals surface area (Å²) < 4.78 is 12.9. The Morgan fingerprint density at radius 1 is 1.21 bits per heavy atom. The summed E-state index contributed by atoms with van der Waals surface area (Å²) in [4.78, 5) is 29.6. The maximum absolute atomic E-state index is 13.0. The molecule has 2 heterocycles. The van der Waals surface area contributed by atoms with Gasteiger partial charge in [0, 0.05) is 31.0 Å². The van der Waals surface area contributed by atoms with Crippen LogP contribution in [0.3, 0.4) is 0 Å². The van der Waals surface area contributed by atoms with Crippen molar-refractivity contribution in [3.63, 3.8) is 0 Å². The van der Waals surface area contributed by atoms with Gasteiger partial charge in [-0.15, -0.1) is 0 Å². The molecule has 0 aliphatic heterocycles. The molecule has 0 spiro atoms. The Kier molecular flexibility index (Phi) is 6.72. The third-order valence-corrected chi connectivity index (χ3v) is 6.15. The number of carbonyl (C=O) groups is 1. The first kappa shape index (κ1) is 23.5. The van der Waals surface area contributed by atoms with Crippen LogP contribution in [0.25, 0.3) is 22.0 Å². The quantitative estimate of drug-likeness (QED) is 0.380. The molecule has 0 aliphatic rings. The van der Waals surface area contributed by atoms with Crippen LogP contribution in [0.2, 0.25) is 0 Å². The second kappa shape index (κ2) is 9.71. The Hall–Kier alpha value is -3.61. The first-order chi connectivity index (χ1) is 16.3. The molecule has 4 rings (SSSR count). The van der Waals surface area contributed by atoms with E-state index in [2.05, 4.69) is 23.7 Å². The standard InChI is InChI=1S/C27H31N3O4/c1-16(2)12-21(27-29-20-8-6-7-9-22(20)30(27)4)28-25(31)11-10-18-14-19-17(3)13-26(32)34-24(19)15-23(18)33-5/h6-9,13-16,21H,10-12H2,1-5H3,(H,28,31)/t21-/m0/s1. The average molecular weight is 462 g/mol. The molecule has 34 heavy (non-hydrogen) atoms. The van der Waals surface area contributed by atoms with Crippen molar-refractivity contribution in [1.29, 1.82) is 0 Å². The van der Waals surface area contributed by atoms with E-state index in [4.69, 9.17) is 14.1 Å². The van der Waals surface area contributed by atoms with Crippen molar-refractivity contribution in [2.24, 2.45) is 13.0 Å². The summed E-state index contributed by atoms with van der Waals surface area (Å²) in [5.74, 6) is 1.81. The molecule has 0 radical (unpaired) electrons. The maximum Gasteiger partial charge on any atom is 0.336 e. The van der Waals surface area contributed by atoms with Gasteiger partial charge in [0.2, 0.25) is 5.91 Å². The summed E-state index contributed by atoms with van der Waals surface area (Å²) in [6.07, 6.45) is 1.59. The van der Waals surface area contributed by atoms with E-state index in [1.165, 1.54) is 6.07 Å². The minimum atomic E-state index is -0.391. The molecule has 0 unspecified atom stereocenters. The maximum atomic E-state index is 13.0. The average Bonchev–Trinajstić information content (AvgIpc) is 3.13. The predicted octanol–water partition coefficient (Wildman–Crippen LogP) is 4.83. The molecular formula is C27H31N3O4. The third-order valence-electron chi connectivity index (χ3n) is 6.15. The first-order valence-electron chi connectivity index (χ1n) is 11.6. The van der Waals surface area contributed by atoms with Gasteiger partial charge in [0.25, 0.3) is 0 Å². The lowest BCUT2D eigenvalue weighted by atomic mass is 10.0. The normalized spacial score (nSPS) is 12.4. The molecule has 0 saturated carbocycles. The number of rotatable bonds is 8. The van der Waals surface area contributed by atoms with Gasteiger partial charge in [-0.2, -0.15) is 0 Å². The highest BCUT2D eigenvalue weighted by molar-refractivity contribution is 5.83. The lowest BCUT2D eigenvalue weighted by molar-refractivity contribution is -0.122. The monoisotopic (exact) mass is 461 g/mol. The molecule has 178 valence electrons. The second-order valence-corrected chi connectivity index (χ2v) is 9.18. The van der Waals surface area contributed by atoms with Crippen molar-refractivity contribution in [2.75, 3.05) is 7.11 Å². The van der Waals surface area contributed by atoms with E-state index < -0.39 is 5.63 Å². The Bertz CT molecular complexity index is 1400. The number of hydrogen-bond acceptors (Lipinski definition) is 5. The Morgan fingerprint density at radius 2 is 1.97 bits per heavy atom. The van der Waals surface area contributed by atoms with Gasteiger partial charge in [-0.05, 0) is 55.0 Å². The van der Waals surface area contributed by atoms with Crippen LogP contribution in [0.4, 0.5) is 0 Å². The number of aryl methyl sites for hydroxylation is 3. The van der Waals surface area contributed by atoms with Crippen molar-refractivity contribution in [1.82, 2.24) is 14.9 Å². The van der Waals surface area contributed by atoms with E-state index >= 15 is 0 Å². The molecule has 1 N–H and O–H groups in total. The highest BCUT2D eigenvalue weighted by atomic mass is 16.5. The number of para-hydroxylation sites is 2. The van der Waals surface area contributed by atoms with Gasteiger partial charge in [-0.25, -0.2) is 9.78 Å². The molecule has 1 atom stereocenters. The minimum Gasteiger partial charge on any atom is -0.496 e. The molecule has 2 aromatic heterocycles. The molecule has 1 amide bonds. The summed E-state index contributed by atoms with van der Waals surface area (Å²) in [5, 5.41) is 4.05. The summed E-state index contributed by atoms with van der Waals surface area (Å²) in [6, 6.07) is 12.9. The van der Waals surface area contributed by atoms with Crippen molar-refractivity contribution < 1.29 is 13.9 Å². The number of hydrogen-bond donors (Lipinski definition) is 1. The van der Waals surface area contributed by atoms with Crippen molar-refractivity contribution in [3.05, 3.63) is 69.8 Å². The van der Waals surface area contributed by atoms with E-state index in [-0.39, 0.29) is 11.9 Å². The number of nitrogens with zero attached hydrogens (tertiary/aromatic N) is 2. The molecule has 0 saturated heterocycles. The number of nitrogens with one attached hydrogen (secondary N) is 1. The Morgan fingerprint density at radius 3 is 2.68 bits per heavy atom. The van der Waals surface area contributed by atoms with Crippen LogP contribution >= 0.6 is 0 Å². The van der Waals surface area contributed by atoms with Crippen LogP contribution in [-0.2, 0) is 18.3 Å². The number of fused-ring (bicyclic) bond motifs is 2. The van der Waals surface area contributed by atoms with Gasteiger partial charge >= 0.3 is 5.63 Å². The number of ether oxygens (including phenoxy) is 1. The van der Waals surface area contributed by atoms with E-state index in [1.54, 1.807) is 13.2 Å². The van der Waals surface area contributed by atoms with Crippen LogP contribution in [0.15, 0.2) is 51.7 Å². The lowest BCUT2D eigenvalue weighted by Gasteiger charge is -2.21. The molecule has 0 fully saturated rings. The van der Waals surface area contributed by atoms with Crippen LogP contribution < -0.4 is 15.7 Å². The third kappa shape index (κ3) is 4.83. The summed E-state index contributed by atoms with van der Waals surface area (Å²) in [5.41, 5.74) is 3.78. The fourth-order valence-electron chi connectivity index (χ4n) is 4.47. The van der Waals surface area contributed by atoms with Crippen LogP contribution in [0.5, 0.6) is 5.75 Å². The fourth-order valence-corrected chi connectivity index (χ4v) is 4.47. The van der Waals surface area contributed by atoms with Crippen LogP contribution in [-0.4, -0.2) is 22.6 Å². The zero-order chi connectivity index (χ0) is 24.4. The molecule has 0 aliphatic carbocycles. The second-order valence-electron chi connectivity index (χ2n) is 9.18. The van der Waals surface area contributed by atoms with Gasteiger partial charge in [0.1, 0.15) is 17.2 Å². The van der Waals surface area contributed by atoms with Crippen molar-refractivity contribution in [2.45, 2.75) is 46.1 Å². The first-order valence-corrected chi connectivity index (χ1v) is 11.6. The molecule has 7 nitrogen and oxygen atoms in total. The minimum absolute atomic E-state index is 0.0452. The smallest absolute Gasteiger partial charge is 0.336 e. The SMILES string of the molecule is COc1cc2oc(=O)cc(C)c2cc1CCC(=O)N[C@@H](CC(C)C)c1nc2ccccc2n1C. The number of methoxy groups -OCH3 is 1. The van der Waals surface area contributed by atoms with E-state index in [9.17, 15) is 9.59 Å². The zero-order valence-corrected chi connectivity index (χ0v) is 20.3. The molecule has 2 aromatic carbocycles. The largest absolute Gasteiger partial charge is 0.496 e. The Labute approximate surface area is 198 Å².